The molecule has 2 rings (SSSR count). The summed E-state index contributed by atoms with van der Waals surface area (Å²) in [7, 11) is 2.92. The van der Waals surface area contributed by atoms with Gasteiger partial charge in [-0.1, -0.05) is 6.07 Å². The number of methoxy groups -OCH3 is 2. The second-order valence-electron chi connectivity index (χ2n) is 5.45. The summed E-state index contributed by atoms with van der Waals surface area (Å²) in [6.45, 7) is 0.913. The molecule has 0 unspecified atom stereocenters. The third kappa shape index (κ3) is 5.74. The van der Waals surface area contributed by atoms with Crippen LogP contribution in [0.4, 0.5) is 11.4 Å². The molecule has 0 aliphatic rings. The fraction of sp³-hybridized carbons (Fsp3) is 0.211. The summed E-state index contributed by atoms with van der Waals surface area (Å²) in [5, 5.41) is 5.20. The molecule has 0 aromatic heterocycles. The topological polar surface area (TPSA) is 103 Å². The second-order valence-corrected chi connectivity index (χ2v) is 5.45. The van der Waals surface area contributed by atoms with Gasteiger partial charge >= 0.3 is 5.97 Å². The molecule has 2 aromatic rings. The van der Waals surface area contributed by atoms with Crippen LogP contribution in [0.5, 0.6) is 11.5 Å². The van der Waals surface area contributed by atoms with Gasteiger partial charge in [-0.3, -0.25) is 9.59 Å². The van der Waals surface area contributed by atoms with E-state index in [4.69, 9.17) is 14.2 Å². The predicted molar refractivity (Wildman–Crippen MR) is 99.2 cm³/mol. The molecule has 0 spiro atoms. The number of anilines is 2. The van der Waals surface area contributed by atoms with Crippen molar-refractivity contribution in [3.8, 4) is 11.5 Å². The lowest BCUT2D eigenvalue weighted by molar-refractivity contribution is -0.119. The van der Waals surface area contributed by atoms with Crippen LogP contribution in [0.2, 0.25) is 0 Å². The molecule has 0 fully saturated rings. The summed E-state index contributed by atoms with van der Waals surface area (Å²) in [4.78, 5) is 35.3. The quantitative estimate of drug-likeness (QED) is 0.724. The Bertz CT molecular complexity index is 850. The van der Waals surface area contributed by atoms with E-state index in [1.807, 2.05) is 0 Å². The number of ether oxygens (including phenoxy) is 3. The van der Waals surface area contributed by atoms with E-state index < -0.39 is 18.5 Å². The van der Waals surface area contributed by atoms with Gasteiger partial charge in [0.1, 0.15) is 17.1 Å². The normalized spacial score (nSPS) is 9.89. The minimum atomic E-state index is -0.698. The Morgan fingerprint density at radius 3 is 2.26 bits per heavy atom. The van der Waals surface area contributed by atoms with E-state index in [2.05, 4.69) is 10.6 Å². The van der Waals surface area contributed by atoms with E-state index in [0.717, 1.165) is 0 Å². The van der Waals surface area contributed by atoms with Crippen LogP contribution in [0.15, 0.2) is 42.5 Å². The van der Waals surface area contributed by atoms with E-state index in [1.54, 1.807) is 36.4 Å². The number of hydrogen-bond acceptors (Lipinski definition) is 6. The molecule has 0 saturated carbocycles. The molecule has 8 heteroatoms. The molecule has 0 aliphatic heterocycles. The molecule has 0 aliphatic carbocycles. The maximum Gasteiger partial charge on any atom is 0.342 e. The Morgan fingerprint density at radius 2 is 1.63 bits per heavy atom. The number of benzene rings is 2. The van der Waals surface area contributed by atoms with Gasteiger partial charge in [0, 0.05) is 24.4 Å². The zero-order chi connectivity index (χ0) is 19.8. The molecule has 0 atom stereocenters. The van der Waals surface area contributed by atoms with Crippen LogP contribution in [-0.2, 0) is 14.3 Å². The molecule has 8 nitrogen and oxygen atoms in total. The molecular weight excluding hydrogens is 352 g/mol. The van der Waals surface area contributed by atoms with Crippen molar-refractivity contribution < 1.29 is 28.6 Å². The van der Waals surface area contributed by atoms with Gasteiger partial charge in [0.15, 0.2) is 6.61 Å². The SMILES string of the molecule is COc1ccc(C(=O)OCC(=O)Nc2cccc(NC(C)=O)c2)c(OC)c1. The molecule has 0 heterocycles. The van der Waals surface area contributed by atoms with Crippen molar-refractivity contribution in [1.82, 2.24) is 0 Å². The smallest absolute Gasteiger partial charge is 0.342 e. The molecule has 27 heavy (non-hydrogen) atoms. The summed E-state index contributed by atoms with van der Waals surface area (Å²) < 4.78 is 15.2. The van der Waals surface area contributed by atoms with Crippen molar-refractivity contribution in [2.24, 2.45) is 0 Å². The van der Waals surface area contributed by atoms with Gasteiger partial charge in [-0.15, -0.1) is 0 Å². The van der Waals surface area contributed by atoms with E-state index >= 15 is 0 Å². The zero-order valence-corrected chi connectivity index (χ0v) is 15.2. The zero-order valence-electron chi connectivity index (χ0n) is 15.2. The van der Waals surface area contributed by atoms with Gasteiger partial charge in [0.25, 0.3) is 5.91 Å². The van der Waals surface area contributed by atoms with Gasteiger partial charge in [0.05, 0.1) is 14.2 Å². The monoisotopic (exact) mass is 372 g/mol. The summed E-state index contributed by atoms with van der Waals surface area (Å²) in [5.74, 6) is -0.628. The van der Waals surface area contributed by atoms with Crippen molar-refractivity contribution in [2.75, 3.05) is 31.5 Å². The lowest BCUT2D eigenvalue weighted by Crippen LogP contribution is -2.21. The fourth-order valence-electron chi connectivity index (χ4n) is 2.25. The first-order chi connectivity index (χ1) is 12.9. The van der Waals surface area contributed by atoms with Crippen LogP contribution < -0.4 is 20.1 Å². The summed E-state index contributed by atoms with van der Waals surface area (Å²) in [6.07, 6.45) is 0. The summed E-state index contributed by atoms with van der Waals surface area (Å²) >= 11 is 0. The first-order valence-electron chi connectivity index (χ1n) is 7.99. The number of carbonyl (C=O) groups is 3. The van der Waals surface area contributed by atoms with Crippen molar-refractivity contribution in [1.29, 1.82) is 0 Å². The summed E-state index contributed by atoms with van der Waals surface area (Å²) in [6, 6.07) is 11.2. The molecule has 2 N–H and O–H groups in total. The third-order valence-corrected chi connectivity index (χ3v) is 3.43. The molecule has 2 amide bonds. The number of amides is 2. The van der Waals surface area contributed by atoms with Gasteiger partial charge in [-0.2, -0.15) is 0 Å². The minimum Gasteiger partial charge on any atom is -0.497 e. The highest BCUT2D eigenvalue weighted by atomic mass is 16.5. The van der Waals surface area contributed by atoms with Crippen molar-refractivity contribution in [2.45, 2.75) is 6.92 Å². The number of esters is 1. The lowest BCUT2D eigenvalue weighted by Gasteiger charge is -2.11. The number of carbonyl (C=O) groups excluding carboxylic acids is 3. The molecule has 0 bridgehead atoms. The first kappa shape index (κ1) is 19.8. The molecular formula is C19H20N2O6. The van der Waals surface area contributed by atoms with Crippen LogP contribution in [0.3, 0.4) is 0 Å². The van der Waals surface area contributed by atoms with Crippen molar-refractivity contribution in [3.63, 3.8) is 0 Å². The van der Waals surface area contributed by atoms with Crippen LogP contribution >= 0.6 is 0 Å². The lowest BCUT2D eigenvalue weighted by atomic mass is 10.2. The van der Waals surface area contributed by atoms with Gasteiger partial charge in [-0.25, -0.2) is 4.79 Å². The van der Waals surface area contributed by atoms with Gasteiger partial charge in [0.2, 0.25) is 5.91 Å². The first-order valence-corrected chi connectivity index (χ1v) is 7.99. The van der Waals surface area contributed by atoms with Crippen LogP contribution in [-0.4, -0.2) is 38.6 Å². The van der Waals surface area contributed by atoms with Crippen LogP contribution in [0.1, 0.15) is 17.3 Å². The van der Waals surface area contributed by atoms with Gasteiger partial charge in [-0.05, 0) is 30.3 Å². The molecule has 2 aromatic carbocycles. The van der Waals surface area contributed by atoms with Crippen molar-refractivity contribution >= 4 is 29.2 Å². The Kier molecular flexibility index (Phi) is 6.76. The Balaban J connectivity index is 1.95. The van der Waals surface area contributed by atoms with Crippen molar-refractivity contribution in [3.05, 3.63) is 48.0 Å². The van der Waals surface area contributed by atoms with E-state index in [1.165, 1.54) is 27.2 Å². The van der Waals surface area contributed by atoms with E-state index in [9.17, 15) is 14.4 Å². The third-order valence-electron chi connectivity index (χ3n) is 3.43. The molecule has 142 valence electrons. The fourth-order valence-corrected chi connectivity index (χ4v) is 2.25. The van der Waals surface area contributed by atoms with Crippen LogP contribution in [0, 0.1) is 0 Å². The van der Waals surface area contributed by atoms with E-state index in [0.29, 0.717) is 17.1 Å². The average Bonchev–Trinajstić information content (AvgIpc) is 2.65. The Morgan fingerprint density at radius 1 is 0.926 bits per heavy atom. The second kappa shape index (κ2) is 9.23. The van der Waals surface area contributed by atoms with Gasteiger partial charge < -0.3 is 24.8 Å². The Labute approximate surface area is 156 Å². The molecule has 0 radical (unpaired) electrons. The average molecular weight is 372 g/mol. The highest BCUT2D eigenvalue weighted by Crippen LogP contribution is 2.25. The highest BCUT2D eigenvalue weighted by molar-refractivity contribution is 5.97. The van der Waals surface area contributed by atoms with E-state index in [-0.39, 0.29) is 17.2 Å². The maximum absolute atomic E-state index is 12.2. The Hall–Kier alpha value is -3.55. The molecule has 0 saturated heterocycles. The van der Waals surface area contributed by atoms with Crippen LogP contribution in [0.25, 0.3) is 0 Å². The number of rotatable bonds is 7. The largest absolute Gasteiger partial charge is 0.497 e. The minimum absolute atomic E-state index is 0.179. The summed E-state index contributed by atoms with van der Waals surface area (Å²) in [5.41, 5.74) is 1.18. The number of hydrogen-bond donors (Lipinski definition) is 2. The highest BCUT2D eigenvalue weighted by Gasteiger charge is 2.16. The predicted octanol–water partition coefficient (Wildman–Crippen LogP) is 2.46. The number of nitrogens with one attached hydrogen (secondary N) is 2. The standard InChI is InChI=1S/C19H20N2O6/c1-12(22)20-13-5-4-6-14(9-13)21-18(23)11-27-19(24)16-8-7-15(25-2)10-17(16)26-3/h4-10H,11H2,1-3H3,(H,20,22)(H,21,23). The maximum atomic E-state index is 12.2.